The van der Waals surface area contributed by atoms with Gasteiger partial charge >= 0.3 is 0 Å². The fourth-order valence-corrected chi connectivity index (χ4v) is 4.09. The van der Waals surface area contributed by atoms with Crippen LogP contribution >= 0.6 is 0 Å². The molecule has 2 aliphatic rings. The number of aromatic nitrogens is 1. The number of pyridine rings is 1. The Labute approximate surface area is 125 Å². The Hall–Kier alpha value is -1.63. The van der Waals surface area contributed by atoms with Gasteiger partial charge in [-0.2, -0.15) is 0 Å². The number of guanidine groups is 1. The molecule has 3 rings (SSSR count). The van der Waals surface area contributed by atoms with Crippen molar-refractivity contribution < 1.29 is 8.42 Å². The molecule has 0 amide bonds. The quantitative estimate of drug-likeness (QED) is 0.876. The van der Waals surface area contributed by atoms with Crippen molar-refractivity contribution in [1.82, 2.24) is 9.71 Å². The number of hydrogen-bond donors (Lipinski definition) is 2. The smallest absolute Gasteiger partial charge is 0.267 e. The van der Waals surface area contributed by atoms with Gasteiger partial charge in [0.1, 0.15) is 4.90 Å². The van der Waals surface area contributed by atoms with Crippen molar-refractivity contribution >= 4 is 21.8 Å². The van der Waals surface area contributed by atoms with E-state index < -0.39 is 10.0 Å². The van der Waals surface area contributed by atoms with Crippen molar-refractivity contribution in [2.45, 2.75) is 50.0 Å². The summed E-state index contributed by atoms with van der Waals surface area (Å²) >= 11 is 0. The third-order valence-corrected chi connectivity index (χ3v) is 5.56. The minimum absolute atomic E-state index is 0.0979. The topological polar surface area (TPSA) is 83.5 Å². The number of aliphatic imine (C=N–C) groups is 1. The Bertz CT molecular complexity index is 651. The number of nitrogens with one attached hydrogen (secondary N) is 2. The normalized spacial score (nSPS) is 24.7. The standard InChI is InChI=1S/C14H20N4O2S/c1-10(11-6-3-2-4-7-11)16-14-17-13-12(8-5-9-15-13)21(19,20)18-14/h5,8-11H,2-4,6-7H2,1H3,(H2,15,16,17,18)/t10-/m0/s1. The lowest BCUT2D eigenvalue weighted by atomic mass is 9.85. The summed E-state index contributed by atoms with van der Waals surface area (Å²) in [4.78, 5) is 8.76. The number of fused-ring (bicyclic) bond motifs is 1. The molecule has 0 radical (unpaired) electrons. The molecule has 114 valence electrons. The van der Waals surface area contributed by atoms with Crippen LogP contribution in [0, 0.1) is 5.92 Å². The zero-order valence-electron chi connectivity index (χ0n) is 12.0. The van der Waals surface area contributed by atoms with Crippen molar-refractivity contribution in [3.8, 4) is 0 Å². The number of hydrogen-bond acceptors (Lipinski definition) is 4. The van der Waals surface area contributed by atoms with Crippen LogP contribution in [0.15, 0.2) is 28.2 Å². The predicted octanol–water partition coefficient (Wildman–Crippen LogP) is 2.11. The molecule has 1 aliphatic carbocycles. The summed E-state index contributed by atoms with van der Waals surface area (Å²) in [5, 5.41) is 2.97. The first-order chi connectivity index (χ1) is 10.1. The van der Waals surface area contributed by atoms with Gasteiger partial charge in [-0.05, 0) is 37.8 Å². The largest absolute Gasteiger partial charge is 0.309 e. The van der Waals surface area contributed by atoms with Gasteiger partial charge in [0, 0.05) is 6.20 Å². The summed E-state index contributed by atoms with van der Waals surface area (Å²) in [6.07, 6.45) is 7.67. The maximum absolute atomic E-state index is 12.2. The maximum atomic E-state index is 12.2. The molecule has 0 aromatic carbocycles. The fraction of sp³-hybridized carbons (Fsp3) is 0.571. The van der Waals surface area contributed by atoms with Crippen LogP contribution in [0.2, 0.25) is 0 Å². The van der Waals surface area contributed by atoms with Crippen LogP contribution < -0.4 is 10.0 Å². The molecule has 21 heavy (non-hydrogen) atoms. The van der Waals surface area contributed by atoms with Crippen LogP contribution in [0.25, 0.3) is 0 Å². The van der Waals surface area contributed by atoms with Crippen molar-refractivity contribution in [3.05, 3.63) is 18.3 Å². The van der Waals surface area contributed by atoms with Gasteiger partial charge in [0.15, 0.2) is 5.82 Å². The Morgan fingerprint density at radius 3 is 2.86 bits per heavy atom. The number of anilines is 1. The van der Waals surface area contributed by atoms with E-state index in [1.807, 2.05) is 6.92 Å². The molecule has 1 fully saturated rings. The molecule has 0 spiro atoms. The van der Waals surface area contributed by atoms with Gasteiger partial charge in [-0.1, -0.05) is 19.3 Å². The van der Waals surface area contributed by atoms with Crippen molar-refractivity contribution in [2.24, 2.45) is 10.9 Å². The minimum atomic E-state index is -3.57. The molecular formula is C14H20N4O2S. The van der Waals surface area contributed by atoms with Gasteiger partial charge in [0.2, 0.25) is 5.96 Å². The number of rotatable bonds is 2. The molecule has 1 aliphatic heterocycles. The van der Waals surface area contributed by atoms with E-state index in [0.29, 0.717) is 11.7 Å². The second kappa shape index (κ2) is 5.63. The molecule has 0 saturated heterocycles. The Morgan fingerprint density at radius 1 is 1.33 bits per heavy atom. The van der Waals surface area contributed by atoms with E-state index in [2.05, 4.69) is 20.0 Å². The second-order valence-electron chi connectivity index (χ2n) is 5.70. The summed E-state index contributed by atoms with van der Waals surface area (Å²) in [7, 11) is -3.57. The van der Waals surface area contributed by atoms with E-state index in [4.69, 9.17) is 0 Å². The van der Waals surface area contributed by atoms with Crippen LogP contribution in [-0.4, -0.2) is 25.4 Å². The Morgan fingerprint density at radius 2 is 2.10 bits per heavy atom. The highest BCUT2D eigenvalue weighted by Crippen LogP contribution is 2.28. The summed E-state index contributed by atoms with van der Waals surface area (Å²) in [5.74, 6) is 1.15. The van der Waals surface area contributed by atoms with Gasteiger partial charge < -0.3 is 5.32 Å². The number of sulfonamides is 1. The molecule has 0 unspecified atom stereocenters. The van der Waals surface area contributed by atoms with E-state index in [0.717, 1.165) is 0 Å². The van der Waals surface area contributed by atoms with Crippen LogP contribution in [-0.2, 0) is 10.0 Å². The summed E-state index contributed by atoms with van der Waals surface area (Å²) in [6, 6.07) is 3.23. The lowest BCUT2D eigenvalue weighted by molar-refractivity contribution is 0.317. The molecule has 1 saturated carbocycles. The molecule has 2 N–H and O–H groups in total. The van der Waals surface area contributed by atoms with E-state index in [1.54, 1.807) is 12.3 Å². The average Bonchev–Trinajstić information content (AvgIpc) is 2.47. The average molecular weight is 308 g/mol. The zero-order valence-corrected chi connectivity index (χ0v) is 12.9. The third kappa shape index (κ3) is 3.02. The lowest BCUT2D eigenvalue weighted by Crippen LogP contribution is -2.42. The van der Waals surface area contributed by atoms with E-state index in [-0.39, 0.29) is 16.9 Å². The summed E-state index contributed by atoms with van der Waals surface area (Å²) in [5.41, 5.74) is 0. The van der Waals surface area contributed by atoms with Gasteiger partial charge in [-0.3, -0.25) is 0 Å². The lowest BCUT2D eigenvalue weighted by Gasteiger charge is -2.27. The van der Waals surface area contributed by atoms with Crippen LogP contribution in [0.4, 0.5) is 5.82 Å². The molecule has 1 atom stereocenters. The van der Waals surface area contributed by atoms with Crippen molar-refractivity contribution in [3.63, 3.8) is 0 Å². The summed E-state index contributed by atoms with van der Waals surface area (Å²) in [6.45, 7) is 2.05. The highest BCUT2D eigenvalue weighted by Gasteiger charge is 2.28. The van der Waals surface area contributed by atoms with Gasteiger partial charge in [-0.15, -0.1) is 0 Å². The first kappa shape index (κ1) is 14.3. The first-order valence-electron chi connectivity index (χ1n) is 7.39. The third-order valence-electron chi connectivity index (χ3n) is 4.19. The molecular weight excluding hydrogens is 288 g/mol. The fourth-order valence-electron chi connectivity index (χ4n) is 3.01. The molecule has 6 nitrogen and oxygen atoms in total. The van der Waals surface area contributed by atoms with Crippen LogP contribution in [0.1, 0.15) is 39.0 Å². The summed E-state index contributed by atoms with van der Waals surface area (Å²) < 4.78 is 26.8. The second-order valence-corrected chi connectivity index (χ2v) is 7.35. The van der Waals surface area contributed by atoms with Crippen LogP contribution in [0.3, 0.4) is 0 Å². The molecule has 0 bridgehead atoms. The van der Waals surface area contributed by atoms with E-state index >= 15 is 0 Å². The SMILES string of the molecule is C[C@H](N=C1Nc2ncccc2S(=O)(=O)N1)C1CCCCC1. The van der Waals surface area contributed by atoms with Gasteiger partial charge in [-0.25, -0.2) is 23.1 Å². The monoisotopic (exact) mass is 308 g/mol. The molecule has 1 aromatic heterocycles. The van der Waals surface area contributed by atoms with Crippen LogP contribution in [0.5, 0.6) is 0 Å². The minimum Gasteiger partial charge on any atom is -0.309 e. The Kier molecular flexibility index (Phi) is 3.84. The Balaban J connectivity index is 1.83. The van der Waals surface area contributed by atoms with Crippen molar-refractivity contribution in [2.75, 3.05) is 5.32 Å². The van der Waals surface area contributed by atoms with Gasteiger partial charge in [0.25, 0.3) is 10.0 Å². The van der Waals surface area contributed by atoms with E-state index in [1.165, 1.54) is 38.2 Å². The number of nitrogens with zero attached hydrogens (tertiary/aromatic N) is 2. The zero-order chi connectivity index (χ0) is 14.9. The van der Waals surface area contributed by atoms with Gasteiger partial charge in [0.05, 0.1) is 6.04 Å². The molecule has 7 heteroatoms. The highest BCUT2D eigenvalue weighted by molar-refractivity contribution is 7.90. The molecule has 2 heterocycles. The molecule has 1 aromatic rings. The van der Waals surface area contributed by atoms with E-state index in [9.17, 15) is 8.42 Å². The maximum Gasteiger partial charge on any atom is 0.267 e. The predicted molar refractivity (Wildman–Crippen MR) is 81.7 cm³/mol. The first-order valence-corrected chi connectivity index (χ1v) is 8.87. The van der Waals surface area contributed by atoms with Crippen molar-refractivity contribution in [1.29, 1.82) is 0 Å². The highest BCUT2D eigenvalue weighted by atomic mass is 32.2.